The Hall–Kier alpha value is -3.20. The molecular formula is C21H22N6O2S. The molecule has 0 aliphatic heterocycles. The molecule has 0 spiro atoms. The fourth-order valence-electron chi connectivity index (χ4n) is 4.24. The van der Waals surface area contributed by atoms with E-state index >= 15 is 0 Å². The molecule has 4 aromatic rings. The fraction of sp³-hybridized carbons (Fsp3) is 0.333. The Bertz CT molecular complexity index is 1280. The van der Waals surface area contributed by atoms with Crippen LogP contribution in [-0.2, 0) is 17.6 Å². The van der Waals surface area contributed by atoms with E-state index in [9.17, 15) is 4.79 Å². The number of nitrogens with zero attached hydrogens (tertiary/aromatic N) is 3. The second-order valence-corrected chi connectivity index (χ2v) is 8.94. The largest absolute Gasteiger partial charge is 0.494 e. The average molecular weight is 423 g/mol. The molecule has 30 heavy (non-hydrogen) atoms. The molecule has 1 aliphatic rings. The SMILES string of the molecule is CNC(=O)C1(C)CCc2c(sc3ncnc(Nc4cc5cn[nH]c5cc4OC)c23)C1. The molecule has 9 heteroatoms. The number of carbonyl (C=O) groups is 1. The van der Waals surface area contributed by atoms with Gasteiger partial charge in [-0.05, 0) is 30.9 Å². The number of rotatable bonds is 4. The van der Waals surface area contributed by atoms with Crippen LogP contribution in [0, 0.1) is 5.41 Å². The van der Waals surface area contributed by atoms with E-state index in [-0.39, 0.29) is 11.3 Å². The summed E-state index contributed by atoms with van der Waals surface area (Å²) < 4.78 is 5.57. The van der Waals surface area contributed by atoms with Gasteiger partial charge >= 0.3 is 0 Å². The predicted octanol–water partition coefficient (Wildman–Crippen LogP) is 3.56. The van der Waals surface area contributed by atoms with Crippen LogP contribution in [0.25, 0.3) is 21.1 Å². The monoisotopic (exact) mass is 422 g/mol. The van der Waals surface area contributed by atoms with E-state index in [4.69, 9.17) is 4.74 Å². The highest BCUT2D eigenvalue weighted by molar-refractivity contribution is 7.19. The predicted molar refractivity (Wildman–Crippen MR) is 118 cm³/mol. The van der Waals surface area contributed by atoms with Gasteiger partial charge in [0.25, 0.3) is 0 Å². The summed E-state index contributed by atoms with van der Waals surface area (Å²) in [5.74, 6) is 1.55. The van der Waals surface area contributed by atoms with Gasteiger partial charge in [-0.15, -0.1) is 11.3 Å². The van der Waals surface area contributed by atoms with Gasteiger partial charge in [-0.1, -0.05) is 6.92 Å². The van der Waals surface area contributed by atoms with E-state index in [0.717, 1.165) is 45.5 Å². The van der Waals surface area contributed by atoms with Crippen LogP contribution in [0.2, 0.25) is 0 Å². The molecule has 0 radical (unpaired) electrons. The number of methoxy groups -OCH3 is 1. The van der Waals surface area contributed by atoms with Crippen molar-refractivity contribution in [1.82, 2.24) is 25.5 Å². The third-order valence-electron chi connectivity index (χ3n) is 5.94. The molecule has 8 nitrogen and oxygen atoms in total. The molecule has 3 N–H and O–H groups in total. The Labute approximate surface area is 177 Å². The number of aromatic amines is 1. The molecule has 0 fully saturated rings. The molecule has 1 unspecified atom stereocenters. The molecule has 3 aromatic heterocycles. The zero-order valence-electron chi connectivity index (χ0n) is 17.0. The highest BCUT2D eigenvalue weighted by atomic mass is 32.1. The lowest BCUT2D eigenvalue weighted by molar-refractivity contribution is -0.130. The van der Waals surface area contributed by atoms with Crippen molar-refractivity contribution in [2.45, 2.75) is 26.2 Å². The quantitative estimate of drug-likeness (QED) is 0.464. The van der Waals surface area contributed by atoms with Crippen molar-refractivity contribution in [1.29, 1.82) is 0 Å². The molecule has 154 valence electrons. The number of hydrogen-bond donors (Lipinski definition) is 3. The van der Waals surface area contributed by atoms with E-state index < -0.39 is 0 Å². The fourth-order valence-corrected chi connectivity index (χ4v) is 5.62. The van der Waals surface area contributed by atoms with E-state index in [0.29, 0.717) is 12.2 Å². The molecule has 3 heterocycles. The summed E-state index contributed by atoms with van der Waals surface area (Å²) in [6.45, 7) is 2.04. The summed E-state index contributed by atoms with van der Waals surface area (Å²) in [4.78, 5) is 23.6. The second-order valence-electron chi connectivity index (χ2n) is 7.86. The number of ether oxygens (including phenoxy) is 1. The van der Waals surface area contributed by atoms with Crippen LogP contribution in [-0.4, -0.2) is 40.2 Å². The molecular weight excluding hydrogens is 400 g/mol. The highest BCUT2D eigenvalue weighted by Crippen LogP contribution is 2.45. The van der Waals surface area contributed by atoms with Gasteiger partial charge in [-0.2, -0.15) is 5.10 Å². The molecule has 1 aromatic carbocycles. The lowest BCUT2D eigenvalue weighted by atomic mass is 9.75. The zero-order valence-corrected chi connectivity index (χ0v) is 17.8. The molecule has 1 aliphatic carbocycles. The molecule has 1 atom stereocenters. The summed E-state index contributed by atoms with van der Waals surface area (Å²) in [6, 6.07) is 3.91. The van der Waals surface area contributed by atoms with Crippen molar-refractivity contribution >= 4 is 49.9 Å². The van der Waals surface area contributed by atoms with Crippen molar-refractivity contribution in [2.75, 3.05) is 19.5 Å². The normalized spacial score (nSPS) is 18.4. The number of carbonyl (C=O) groups excluding carboxylic acids is 1. The summed E-state index contributed by atoms with van der Waals surface area (Å²) in [6.07, 6.45) is 5.69. The maximum absolute atomic E-state index is 12.4. The minimum absolute atomic E-state index is 0.0909. The minimum atomic E-state index is -0.390. The van der Waals surface area contributed by atoms with E-state index in [1.807, 2.05) is 19.1 Å². The van der Waals surface area contributed by atoms with E-state index in [1.165, 1.54) is 10.4 Å². The summed E-state index contributed by atoms with van der Waals surface area (Å²) in [5.41, 5.74) is 2.57. The number of thiophene rings is 1. The lowest BCUT2D eigenvalue weighted by Crippen LogP contribution is -2.40. The van der Waals surface area contributed by atoms with Crippen molar-refractivity contribution in [2.24, 2.45) is 5.41 Å². The Balaban J connectivity index is 1.58. The van der Waals surface area contributed by atoms with Gasteiger partial charge in [-0.25, -0.2) is 9.97 Å². The molecule has 0 bridgehead atoms. The Morgan fingerprint density at radius 3 is 3.00 bits per heavy atom. The number of nitrogens with one attached hydrogen (secondary N) is 3. The summed E-state index contributed by atoms with van der Waals surface area (Å²) >= 11 is 1.65. The number of aromatic nitrogens is 4. The third-order valence-corrected chi connectivity index (χ3v) is 7.08. The number of H-pyrrole nitrogens is 1. The van der Waals surface area contributed by atoms with Gasteiger partial charge in [0.2, 0.25) is 5.91 Å². The molecule has 0 saturated heterocycles. The standard InChI is InChI=1S/C21H22N6O2S/c1-21(20(28)22-2)5-4-12-16(8-21)30-19-17(12)18(23-10-24-19)26-14-6-11-9-25-27-13(11)7-15(14)29-3/h6-7,9-10H,4-5,8H2,1-3H3,(H,22,28)(H,25,27)(H,23,24,26). The van der Waals surface area contributed by atoms with E-state index in [2.05, 4.69) is 30.8 Å². The molecule has 5 rings (SSSR count). The first-order chi connectivity index (χ1) is 14.5. The Morgan fingerprint density at radius 2 is 2.20 bits per heavy atom. The number of hydrogen-bond acceptors (Lipinski definition) is 7. The van der Waals surface area contributed by atoms with Crippen LogP contribution in [0.1, 0.15) is 23.8 Å². The lowest BCUT2D eigenvalue weighted by Gasteiger charge is -2.31. The molecule has 1 amide bonds. The second kappa shape index (κ2) is 6.94. The first-order valence-corrected chi connectivity index (χ1v) is 10.6. The van der Waals surface area contributed by atoms with Crippen molar-refractivity contribution in [3.63, 3.8) is 0 Å². The van der Waals surface area contributed by atoms with Crippen LogP contribution in [0.3, 0.4) is 0 Å². The maximum Gasteiger partial charge on any atom is 0.226 e. The van der Waals surface area contributed by atoms with Gasteiger partial charge in [0, 0.05) is 23.4 Å². The van der Waals surface area contributed by atoms with Crippen LogP contribution in [0.5, 0.6) is 5.75 Å². The smallest absolute Gasteiger partial charge is 0.226 e. The number of benzene rings is 1. The summed E-state index contributed by atoms with van der Waals surface area (Å²) in [7, 11) is 3.34. The Morgan fingerprint density at radius 1 is 1.33 bits per heavy atom. The first-order valence-electron chi connectivity index (χ1n) is 9.78. The number of aryl methyl sites for hydroxylation is 1. The minimum Gasteiger partial charge on any atom is -0.494 e. The van der Waals surface area contributed by atoms with Crippen LogP contribution in [0.15, 0.2) is 24.7 Å². The average Bonchev–Trinajstić information content (AvgIpc) is 3.35. The highest BCUT2D eigenvalue weighted by Gasteiger charge is 2.38. The Kier molecular flexibility index (Phi) is 4.35. The maximum atomic E-state index is 12.4. The topological polar surface area (TPSA) is 105 Å². The van der Waals surface area contributed by atoms with Gasteiger partial charge in [0.05, 0.1) is 35.3 Å². The van der Waals surface area contributed by atoms with Crippen molar-refractivity contribution in [3.8, 4) is 5.75 Å². The third kappa shape index (κ3) is 2.88. The van der Waals surface area contributed by atoms with Gasteiger partial charge in [0.1, 0.15) is 22.7 Å². The van der Waals surface area contributed by atoms with Crippen molar-refractivity contribution < 1.29 is 9.53 Å². The molecule has 0 saturated carbocycles. The number of anilines is 2. The van der Waals surface area contributed by atoms with E-state index in [1.54, 1.807) is 38.0 Å². The van der Waals surface area contributed by atoms with Crippen molar-refractivity contribution in [3.05, 3.63) is 35.1 Å². The zero-order chi connectivity index (χ0) is 20.9. The van der Waals surface area contributed by atoms with Crippen LogP contribution < -0.4 is 15.4 Å². The first kappa shape index (κ1) is 18.8. The van der Waals surface area contributed by atoms with Crippen LogP contribution >= 0.6 is 11.3 Å². The van der Waals surface area contributed by atoms with Crippen LogP contribution in [0.4, 0.5) is 11.5 Å². The number of amides is 1. The number of fused-ring (bicyclic) bond motifs is 4. The summed E-state index contributed by atoms with van der Waals surface area (Å²) in [5, 5.41) is 15.3. The van der Waals surface area contributed by atoms with Gasteiger partial charge in [0.15, 0.2) is 0 Å². The van der Waals surface area contributed by atoms with Gasteiger partial charge < -0.3 is 15.4 Å². The van der Waals surface area contributed by atoms with Gasteiger partial charge in [-0.3, -0.25) is 9.89 Å².